The predicted octanol–water partition coefficient (Wildman–Crippen LogP) is 3.02. The molecule has 4 nitrogen and oxygen atoms in total. The summed E-state index contributed by atoms with van der Waals surface area (Å²) < 4.78 is 29.4. The van der Waals surface area contributed by atoms with Gasteiger partial charge < -0.3 is 14.8 Å². The lowest BCUT2D eigenvalue weighted by Crippen LogP contribution is -2.31. The number of halogens is 2. The summed E-state index contributed by atoms with van der Waals surface area (Å²) in [6.45, 7) is 0.549. The highest BCUT2D eigenvalue weighted by atomic mass is 32.2. The molecular weight excluding hydrogens is 300 g/mol. The lowest BCUT2D eigenvalue weighted by molar-refractivity contribution is 0.0884. The fourth-order valence-electron chi connectivity index (χ4n) is 2.40. The van der Waals surface area contributed by atoms with Crippen LogP contribution in [0, 0.1) is 5.92 Å². The summed E-state index contributed by atoms with van der Waals surface area (Å²) in [5.41, 5.74) is 0. The van der Waals surface area contributed by atoms with Crippen LogP contribution in [0.5, 0.6) is 0 Å². The minimum atomic E-state index is -2.45. The molecule has 0 spiro atoms. The molecular formula is C14H19F2NO3S. The van der Waals surface area contributed by atoms with Crippen LogP contribution in [0.25, 0.3) is 0 Å². The third-order valence-electron chi connectivity index (χ3n) is 3.60. The van der Waals surface area contributed by atoms with E-state index in [1.165, 1.54) is 6.07 Å². The van der Waals surface area contributed by atoms with E-state index in [0.717, 1.165) is 25.7 Å². The van der Waals surface area contributed by atoms with Crippen LogP contribution in [-0.2, 0) is 5.75 Å². The number of aliphatic hydroxyl groups excluding tert-OH is 1. The molecule has 0 atom stereocenters. The molecule has 1 amide bonds. The van der Waals surface area contributed by atoms with Gasteiger partial charge >= 0.3 is 0 Å². The van der Waals surface area contributed by atoms with Gasteiger partial charge in [-0.1, -0.05) is 11.8 Å². The van der Waals surface area contributed by atoms with Crippen LogP contribution < -0.4 is 5.32 Å². The molecule has 0 bridgehead atoms. The van der Waals surface area contributed by atoms with Gasteiger partial charge in [0.25, 0.3) is 11.7 Å². The lowest BCUT2D eigenvalue weighted by atomic mass is 9.87. The first-order chi connectivity index (χ1) is 10.0. The van der Waals surface area contributed by atoms with Gasteiger partial charge in [0, 0.05) is 6.54 Å². The van der Waals surface area contributed by atoms with Gasteiger partial charge in [-0.05, 0) is 43.7 Å². The number of nitrogens with one attached hydrogen (secondary N) is 1. The van der Waals surface area contributed by atoms with Gasteiger partial charge in [0.1, 0.15) is 5.76 Å². The number of carbonyl (C=O) groups excluding carboxylic acids is 1. The Hall–Kier alpha value is -1.08. The maximum atomic E-state index is 12.1. The predicted molar refractivity (Wildman–Crippen MR) is 76.3 cm³/mol. The SMILES string of the molecule is O=C(NCC1CCC(O)CC1)c1ccc(CSC(F)F)o1. The molecule has 2 rings (SSSR count). The summed E-state index contributed by atoms with van der Waals surface area (Å²) >= 11 is 0.463. The number of alkyl halides is 2. The van der Waals surface area contributed by atoms with Crippen LogP contribution in [0.15, 0.2) is 16.5 Å². The van der Waals surface area contributed by atoms with Crippen LogP contribution in [0.3, 0.4) is 0 Å². The van der Waals surface area contributed by atoms with Gasteiger partial charge in [-0.15, -0.1) is 0 Å². The van der Waals surface area contributed by atoms with Crippen LogP contribution in [-0.4, -0.2) is 29.4 Å². The molecule has 21 heavy (non-hydrogen) atoms. The van der Waals surface area contributed by atoms with Crippen molar-refractivity contribution < 1.29 is 23.1 Å². The fourth-order valence-corrected chi connectivity index (χ4v) is 2.84. The zero-order valence-electron chi connectivity index (χ0n) is 11.6. The van der Waals surface area contributed by atoms with Crippen molar-refractivity contribution in [3.05, 3.63) is 23.7 Å². The molecule has 0 aliphatic heterocycles. The van der Waals surface area contributed by atoms with Crippen molar-refractivity contribution in [2.45, 2.75) is 43.3 Å². The second-order valence-electron chi connectivity index (χ2n) is 5.22. The number of carbonyl (C=O) groups is 1. The number of aliphatic hydroxyl groups is 1. The maximum absolute atomic E-state index is 12.1. The van der Waals surface area contributed by atoms with E-state index in [4.69, 9.17) is 4.42 Å². The molecule has 1 saturated carbocycles. The summed E-state index contributed by atoms with van der Waals surface area (Å²) in [6, 6.07) is 3.04. The number of hydrogen-bond donors (Lipinski definition) is 2. The quantitative estimate of drug-likeness (QED) is 0.846. The van der Waals surface area contributed by atoms with Crippen molar-refractivity contribution in [1.29, 1.82) is 0 Å². The molecule has 1 fully saturated rings. The smallest absolute Gasteiger partial charge is 0.287 e. The van der Waals surface area contributed by atoms with Crippen molar-refractivity contribution in [3.8, 4) is 0 Å². The van der Waals surface area contributed by atoms with Crippen molar-refractivity contribution >= 4 is 17.7 Å². The van der Waals surface area contributed by atoms with Crippen LogP contribution in [0.2, 0.25) is 0 Å². The summed E-state index contributed by atoms with van der Waals surface area (Å²) in [4.78, 5) is 11.9. The molecule has 1 heterocycles. The van der Waals surface area contributed by atoms with E-state index in [1.807, 2.05) is 0 Å². The molecule has 0 radical (unpaired) electrons. The number of amides is 1. The maximum Gasteiger partial charge on any atom is 0.287 e. The van der Waals surface area contributed by atoms with Crippen LogP contribution in [0.4, 0.5) is 8.78 Å². The second-order valence-corrected chi connectivity index (χ2v) is 6.20. The van der Waals surface area contributed by atoms with Gasteiger partial charge in [0.05, 0.1) is 11.9 Å². The zero-order chi connectivity index (χ0) is 15.2. The molecule has 1 aromatic heterocycles. The number of furan rings is 1. The number of hydrogen-bond acceptors (Lipinski definition) is 4. The molecule has 7 heteroatoms. The van der Waals surface area contributed by atoms with E-state index >= 15 is 0 Å². The van der Waals surface area contributed by atoms with Crippen molar-refractivity contribution in [2.24, 2.45) is 5.92 Å². The Bertz CT molecular complexity index is 459. The molecule has 118 valence electrons. The molecule has 2 N–H and O–H groups in total. The van der Waals surface area contributed by atoms with Crippen LogP contribution in [0.1, 0.15) is 42.0 Å². The average Bonchev–Trinajstić information content (AvgIpc) is 2.93. The molecule has 1 aromatic rings. The van der Waals surface area contributed by atoms with Crippen molar-refractivity contribution in [1.82, 2.24) is 5.32 Å². The normalized spacial score (nSPS) is 22.5. The number of thioether (sulfide) groups is 1. The Morgan fingerprint density at radius 1 is 1.38 bits per heavy atom. The Balaban J connectivity index is 1.75. The van der Waals surface area contributed by atoms with E-state index < -0.39 is 5.76 Å². The Kier molecular flexibility index (Phi) is 6.05. The first-order valence-electron chi connectivity index (χ1n) is 6.99. The van der Waals surface area contributed by atoms with E-state index in [1.54, 1.807) is 6.07 Å². The topological polar surface area (TPSA) is 62.5 Å². The molecule has 1 aliphatic carbocycles. The fraction of sp³-hybridized carbons (Fsp3) is 0.643. The van der Waals surface area contributed by atoms with E-state index in [-0.39, 0.29) is 23.5 Å². The van der Waals surface area contributed by atoms with E-state index in [0.29, 0.717) is 30.0 Å². The third kappa shape index (κ3) is 5.32. The van der Waals surface area contributed by atoms with Gasteiger partial charge in [-0.2, -0.15) is 8.78 Å². The Morgan fingerprint density at radius 2 is 2.10 bits per heavy atom. The van der Waals surface area contributed by atoms with Crippen LogP contribution >= 0.6 is 11.8 Å². The summed E-state index contributed by atoms with van der Waals surface area (Å²) in [6.07, 6.45) is 3.13. The summed E-state index contributed by atoms with van der Waals surface area (Å²) in [5, 5.41) is 12.2. The average molecular weight is 319 g/mol. The summed E-state index contributed by atoms with van der Waals surface area (Å²) in [7, 11) is 0. The standard InChI is InChI=1S/C14H19F2NO3S/c15-14(16)21-8-11-5-6-12(20-11)13(19)17-7-9-1-3-10(18)4-2-9/h5-6,9-10,14,18H,1-4,7-8H2,(H,17,19). The first-order valence-corrected chi connectivity index (χ1v) is 8.04. The molecule has 1 aliphatic rings. The molecule has 0 saturated heterocycles. The first kappa shape index (κ1) is 16.3. The van der Waals surface area contributed by atoms with Crippen molar-refractivity contribution in [3.63, 3.8) is 0 Å². The highest BCUT2D eigenvalue weighted by molar-refractivity contribution is 7.98. The monoisotopic (exact) mass is 319 g/mol. The highest BCUT2D eigenvalue weighted by Crippen LogP contribution is 2.24. The van der Waals surface area contributed by atoms with E-state index in [2.05, 4.69) is 5.32 Å². The Labute approximate surface area is 126 Å². The third-order valence-corrected chi connectivity index (χ3v) is 4.31. The van der Waals surface area contributed by atoms with Gasteiger partial charge in [-0.25, -0.2) is 0 Å². The van der Waals surface area contributed by atoms with Gasteiger partial charge in [-0.3, -0.25) is 4.79 Å². The van der Waals surface area contributed by atoms with Gasteiger partial charge in [0.15, 0.2) is 5.76 Å². The zero-order valence-corrected chi connectivity index (χ0v) is 12.4. The second kappa shape index (κ2) is 7.79. The Morgan fingerprint density at radius 3 is 2.76 bits per heavy atom. The largest absolute Gasteiger partial charge is 0.455 e. The lowest BCUT2D eigenvalue weighted by Gasteiger charge is -2.25. The van der Waals surface area contributed by atoms with Gasteiger partial charge in [0.2, 0.25) is 0 Å². The minimum Gasteiger partial charge on any atom is -0.455 e. The summed E-state index contributed by atoms with van der Waals surface area (Å²) in [5.74, 6) is -1.84. The van der Waals surface area contributed by atoms with E-state index in [9.17, 15) is 18.7 Å². The highest BCUT2D eigenvalue weighted by Gasteiger charge is 2.20. The molecule has 0 unspecified atom stereocenters. The minimum absolute atomic E-state index is 0.0471. The number of rotatable bonds is 6. The molecule has 0 aromatic carbocycles. The van der Waals surface area contributed by atoms with Crippen molar-refractivity contribution in [2.75, 3.05) is 6.54 Å².